The molecule has 0 aromatic carbocycles. The van der Waals surface area contributed by atoms with Crippen molar-refractivity contribution in [1.29, 1.82) is 0 Å². The van der Waals surface area contributed by atoms with Crippen molar-refractivity contribution >= 4 is 5.91 Å². The molecule has 0 aromatic heterocycles. The van der Waals surface area contributed by atoms with Crippen molar-refractivity contribution in [2.75, 3.05) is 14.1 Å². The maximum Gasteiger partial charge on any atom is 0.225 e. The minimum Gasteiger partial charge on any atom is -0.349 e. The van der Waals surface area contributed by atoms with Crippen molar-refractivity contribution in [3.05, 3.63) is 0 Å². The molecule has 0 saturated carbocycles. The van der Waals surface area contributed by atoms with Gasteiger partial charge in [-0.25, -0.2) is 0 Å². The molecule has 2 nitrogen and oxygen atoms in total. The van der Waals surface area contributed by atoms with Gasteiger partial charge in [0.15, 0.2) is 0 Å². The van der Waals surface area contributed by atoms with Crippen LogP contribution in [0.2, 0.25) is 0 Å². The molecule has 0 bridgehead atoms. The highest BCUT2D eigenvalue weighted by Gasteiger charge is 2.18. The van der Waals surface area contributed by atoms with Crippen molar-refractivity contribution in [2.24, 2.45) is 5.92 Å². The highest BCUT2D eigenvalue weighted by molar-refractivity contribution is 5.78. The molecule has 25 heavy (non-hydrogen) atoms. The zero-order chi connectivity index (χ0) is 18.8. The Hall–Kier alpha value is -0.530. The summed E-state index contributed by atoms with van der Waals surface area (Å²) in [7, 11) is 3.77. The van der Waals surface area contributed by atoms with E-state index in [1.54, 1.807) is 4.90 Å². The van der Waals surface area contributed by atoms with E-state index in [0.717, 1.165) is 19.3 Å². The highest BCUT2D eigenvalue weighted by atomic mass is 16.2. The first kappa shape index (κ1) is 24.5. The lowest BCUT2D eigenvalue weighted by Gasteiger charge is -2.20. The van der Waals surface area contributed by atoms with E-state index in [2.05, 4.69) is 13.8 Å². The van der Waals surface area contributed by atoms with Crippen LogP contribution in [0.25, 0.3) is 0 Å². The third-order valence-corrected chi connectivity index (χ3v) is 5.33. The molecule has 0 rings (SSSR count). The molecule has 0 N–H and O–H groups in total. The van der Waals surface area contributed by atoms with Gasteiger partial charge in [0.1, 0.15) is 0 Å². The molecule has 1 amide bonds. The Balaban J connectivity index is 3.38. The molecule has 1 unspecified atom stereocenters. The van der Waals surface area contributed by atoms with Crippen LogP contribution in [0.5, 0.6) is 0 Å². The van der Waals surface area contributed by atoms with Gasteiger partial charge >= 0.3 is 0 Å². The Kier molecular flexibility index (Phi) is 17.9. The predicted octanol–water partition coefficient (Wildman–Crippen LogP) is 7.36. The van der Waals surface area contributed by atoms with E-state index in [9.17, 15) is 4.79 Å². The number of carbonyl (C=O) groups is 1. The SMILES string of the molecule is CCCCCCCCCCCCCCCCC(CCC)C(=O)N(C)C. The lowest BCUT2D eigenvalue weighted by Crippen LogP contribution is -2.29. The second kappa shape index (κ2) is 18.3. The van der Waals surface area contributed by atoms with E-state index in [4.69, 9.17) is 0 Å². The van der Waals surface area contributed by atoms with Crippen molar-refractivity contribution < 1.29 is 4.79 Å². The molecule has 0 saturated heterocycles. The van der Waals surface area contributed by atoms with Gasteiger partial charge in [-0.2, -0.15) is 0 Å². The zero-order valence-electron chi connectivity index (χ0n) is 18.0. The van der Waals surface area contributed by atoms with Crippen LogP contribution >= 0.6 is 0 Å². The van der Waals surface area contributed by atoms with Gasteiger partial charge in [0, 0.05) is 20.0 Å². The second-order valence-corrected chi connectivity index (χ2v) is 8.10. The third-order valence-electron chi connectivity index (χ3n) is 5.33. The molecule has 0 heterocycles. The van der Waals surface area contributed by atoms with Gasteiger partial charge in [-0.3, -0.25) is 4.79 Å². The Bertz CT molecular complexity index is 288. The third kappa shape index (κ3) is 15.4. The number of hydrogen-bond donors (Lipinski definition) is 0. The van der Waals surface area contributed by atoms with Crippen LogP contribution < -0.4 is 0 Å². The monoisotopic (exact) mass is 353 g/mol. The summed E-state index contributed by atoms with van der Waals surface area (Å²) in [6.07, 6.45) is 22.8. The Morgan fingerprint density at radius 3 is 1.36 bits per heavy atom. The molecule has 0 aliphatic rings. The van der Waals surface area contributed by atoms with Crippen molar-refractivity contribution in [3.63, 3.8) is 0 Å². The van der Waals surface area contributed by atoms with E-state index < -0.39 is 0 Å². The number of rotatable bonds is 18. The minimum absolute atomic E-state index is 0.261. The van der Waals surface area contributed by atoms with Crippen LogP contribution in [-0.2, 0) is 4.79 Å². The summed E-state index contributed by atoms with van der Waals surface area (Å²) in [4.78, 5) is 13.9. The maximum absolute atomic E-state index is 12.1. The van der Waals surface area contributed by atoms with Crippen LogP contribution in [0.15, 0.2) is 0 Å². The van der Waals surface area contributed by atoms with Gasteiger partial charge in [0.2, 0.25) is 5.91 Å². The van der Waals surface area contributed by atoms with Crippen molar-refractivity contribution in [1.82, 2.24) is 4.90 Å². The van der Waals surface area contributed by atoms with Crippen LogP contribution in [0.4, 0.5) is 0 Å². The van der Waals surface area contributed by atoms with Crippen LogP contribution in [0, 0.1) is 5.92 Å². The number of amides is 1. The van der Waals surface area contributed by atoms with E-state index in [0.29, 0.717) is 5.91 Å². The van der Waals surface area contributed by atoms with Crippen LogP contribution in [0.3, 0.4) is 0 Å². The summed E-state index contributed by atoms with van der Waals surface area (Å²) in [5.74, 6) is 0.592. The molecule has 0 aliphatic heterocycles. The Morgan fingerprint density at radius 1 is 0.600 bits per heavy atom. The summed E-state index contributed by atoms with van der Waals surface area (Å²) in [5, 5.41) is 0. The van der Waals surface area contributed by atoms with Gasteiger partial charge < -0.3 is 4.90 Å². The average Bonchev–Trinajstić information content (AvgIpc) is 2.60. The molecule has 0 radical (unpaired) electrons. The molecule has 2 heteroatoms. The van der Waals surface area contributed by atoms with E-state index in [1.807, 2.05) is 14.1 Å². The quantitative estimate of drug-likeness (QED) is 0.236. The Labute approximate surface area is 159 Å². The standard InChI is InChI=1S/C23H47NO/c1-5-7-8-9-10-11-12-13-14-15-16-17-18-19-21-22(20-6-2)23(25)24(3)4/h22H,5-21H2,1-4H3. The first-order valence-corrected chi connectivity index (χ1v) is 11.3. The molecule has 0 spiro atoms. The lowest BCUT2D eigenvalue weighted by atomic mass is 9.94. The molecule has 150 valence electrons. The molecule has 1 atom stereocenters. The number of hydrogen-bond acceptors (Lipinski definition) is 1. The normalized spacial score (nSPS) is 12.3. The number of nitrogens with zero attached hydrogens (tertiary/aromatic N) is 1. The van der Waals surface area contributed by atoms with Gasteiger partial charge in [-0.15, -0.1) is 0 Å². The predicted molar refractivity (Wildman–Crippen MR) is 112 cm³/mol. The fraction of sp³-hybridized carbons (Fsp3) is 0.957. The summed E-state index contributed by atoms with van der Waals surface area (Å²) in [6.45, 7) is 4.47. The molecule has 0 aromatic rings. The highest BCUT2D eigenvalue weighted by Crippen LogP contribution is 2.19. The zero-order valence-corrected chi connectivity index (χ0v) is 18.0. The number of carbonyl (C=O) groups excluding carboxylic acids is 1. The minimum atomic E-state index is 0.261. The van der Waals surface area contributed by atoms with E-state index in [1.165, 1.54) is 89.9 Å². The molecular formula is C23H47NO. The van der Waals surface area contributed by atoms with E-state index in [-0.39, 0.29) is 5.92 Å². The largest absolute Gasteiger partial charge is 0.349 e. The first-order chi connectivity index (χ1) is 12.1. The van der Waals surface area contributed by atoms with Crippen molar-refractivity contribution in [3.8, 4) is 0 Å². The Morgan fingerprint density at radius 2 is 1.00 bits per heavy atom. The molecule has 0 fully saturated rings. The summed E-state index contributed by atoms with van der Waals surface area (Å²) in [6, 6.07) is 0. The number of unbranched alkanes of at least 4 members (excludes halogenated alkanes) is 13. The molecule has 0 aliphatic carbocycles. The van der Waals surface area contributed by atoms with Gasteiger partial charge in [-0.05, 0) is 12.8 Å². The van der Waals surface area contributed by atoms with Gasteiger partial charge in [0.25, 0.3) is 0 Å². The lowest BCUT2D eigenvalue weighted by molar-refractivity contribution is -0.133. The van der Waals surface area contributed by atoms with Crippen molar-refractivity contribution in [2.45, 2.75) is 123 Å². The summed E-state index contributed by atoms with van der Waals surface area (Å²) in [5.41, 5.74) is 0. The first-order valence-electron chi connectivity index (χ1n) is 11.3. The topological polar surface area (TPSA) is 20.3 Å². The molecular weight excluding hydrogens is 306 g/mol. The van der Waals surface area contributed by atoms with Crippen LogP contribution in [0.1, 0.15) is 123 Å². The van der Waals surface area contributed by atoms with Gasteiger partial charge in [0.05, 0.1) is 0 Å². The summed E-state index contributed by atoms with van der Waals surface area (Å²) >= 11 is 0. The fourth-order valence-electron chi connectivity index (χ4n) is 3.69. The average molecular weight is 354 g/mol. The smallest absolute Gasteiger partial charge is 0.225 e. The van der Waals surface area contributed by atoms with Gasteiger partial charge in [-0.1, -0.05) is 110 Å². The maximum atomic E-state index is 12.1. The fourth-order valence-corrected chi connectivity index (χ4v) is 3.69. The van der Waals surface area contributed by atoms with Crippen LogP contribution in [-0.4, -0.2) is 24.9 Å². The summed E-state index contributed by atoms with van der Waals surface area (Å²) < 4.78 is 0. The van der Waals surface area contributed by atoms with E-state index >= 15 is 0 Å². The second-order valence-electron chi connectivity index (χ2n) is 8.10.